The summed E-state index contributed by atoms with van der Waals surface area (Å²) in [7, 11) is 0. The second kappa shape index (κ2) is 3.29. The summed E-state index contributed by atoms with van der Waals surface area (Å²) in [6.45, 7) is 5.99. The van der Waals surface area contributed by atoms with Gasteiger partial charge in [-0.1, -0.05) is 0 Å². The van der Waals surface area contributed by atoms with Crippen molar-refractivity contribution in [2.45, 2.75) is 13.8 Å². The molecule has 0 fully saturated rings. The summed E-state index contributed by atoms with van der Waals surface area (Å²) in [5.74, 6) is 0.987. The van der Waals surface area contributed by atoms with Gasteiger partial charge in [0, 0.05) is 25.2 Å². The van der Waals surface area contributed by atoms with E-state index in [2.05, 4.69) is 23.7 Å². The molecule has 0 bridgehead atoms. The van der Waals surface area contributed by atoms with Gasteiger partial charge >= 0.3 is 0 Å². The minimum Gasteiger partial charge on any atom is -0.494 e. The molecule has 0 aliphatic heterocycles. The van der Waals surface area contributed by atoms with E-state index in [4.69, 9.17) is 9.52 Å². The molecule has 0 spiro atoms. The summed E-state index contributed by atoms with van der Waals surface area (Å²) < 4.78 is 5.57. The van der Waals surface area contributed by atoms with E-state index in [0.29, 0.717) is 5.58 Å². The van der Waals surface area contributed by atoms with Crippen LogP contribution in [0, 0.1) is 0 Å². The lowest BCUT2D eigenvalue weighted by atomic mass is 10.4. The van der Waals surface area contributed by atoms with E-state index < -0.39 is 0 Å². The van der Waals surface area contributed by atoms with Crippen LogP contribution < -0.4 is 4.90 Å². The molecule has 0 radical (unpaired) electrons. The zero-order valence-electron chi connectivity index (χ0n) is 8.37. The van der Waals surface area contributed by atoms with Crippen molar-refractivity contribution in [3.05, 3.63) is 12.1 Å². The fourth-order valence-electron chi connectivity index (χ4n) is 1.59. The molecule has 0 unspecified atom stereocenters. The summed E-state index contributed by atoms with van der Waals surface area (Å²) in [6, 6.07) is 3.49. The van der Waals surface area contributed by atoms with Gasteiger partial charge in [-0.05, 0) is 13.8 Å². The summed E-state index contributed by atoms with van der Waals surface area (Å²) in [6.07, 6.45) is 0. The van der Waals surface area contributed by atoms with Gasteiger partial charge in [-0.3, -0.25) is 0 Å². The Morgan fingerprint density at radius 1 is 1.36 bits per heavy atom. The van der Waals surface area contributed by atoms with Crippen molar-refractivity contribution in [1.29, 1.82) is 0 Å². The predicted molar refractivity (Wildman–Crippen MR) is 55.8 cm³/mol. The Labute approximate surface area is 82.1 Å². The first-order valence-corrected chi connectivity index (χ1v) is 4.81. The van der Waals surface area contributed by atoms with Gasteiger partial charge in [0.2, 0.25) is 0 Å². The highest BCUT2D eigenvalue weighted by Gasteiger charge is 2.10. The van der Waals surface area contributed by atoms with Crippen LogP contribution in [0.1, 0.15) is 13.8 Å². The Morgan fingerprint density at radius 3 is 2.64 bits per heavy atom. The number of nitrogens with one attached hydrogen (secondary N) is 1. The minimum atomic E-state index is 0.143. The number of hydrogen-bond acceptors (Lipinski definition) is 3. The molecule has 2 aromatic rings. The molecule has 0 atom stereocenters. The van der Waals surface area contributed by atoms with Crippen molar-refractivity contribution in [1.82, 2.24) is 4.98 Å². The van der Waals surface area contributed by atoms with Crippen molar-refractivity contribution in [2.75, 3.05) is 18.0 Å². The maximum Gasteiger partial charge on any atom is 0.198 e. The highest BCUT2D eigenvalue weighted by atomic mass is 16.4. The first-order chi connectivity index (χ1) is 6.74. The van der Waals surface area contributed by atoms with E-state index in [9.17, 15) is 0 Å². The second-order valence-electron chi connectivity index (χ2n) is 3.19. The van der Waals surface area contributed by atoms with Crippen LogP contribution in [0.25, 0.3) is 11.1 Å². The first kappa shape index (κ1) is 8.99. The van der Waals surface area contributed by atoms with Gasteiger partial charge in [0.25, 0.3) is 0 Å². The molecular weight excluding hydrogens is 180 g/mol. The quantitative estimate of drug-likeness (QED) is 0.788. The van der Waals surface area contributed by atoms with Crippen molar-refractivity contribution in [2.24, 2.45) is 0 Å². The molecule has 0 saturated heterocycles. The lowest BCUT2D eigenvalue weighted by Gasteiger charge is -2.16. The number of nitrogens with zero attached hydrogens (tertiary/aromatic N) is 1. The third-order valence-electron chi connectivity index (χ3n) is 2.35. The molecule has 0 aromatic carbocycles. The van der Waals surface area contributed by atoms with Crippen molar-refractivity contribution in [3.8, 4) is 5.88 Å². The molecule has 4 nitrogen and oxygen atoms in total. The van der Waals surface area contributed by atoms with E-state index in [0.717, 1.165) is 24.5 Å². The van der Waals surface area contributed by atoms with Crippen LogP contribution in [0.5, 0.6) is 5.88 Å². The fraction of sp³-hybridized carbons (Fsp3) is 0.400. The number of furan rings is 1. The lowest BCUT2D eigenvalue weighted by molar-refractivity contribution is 0.457. The Balaban J connectivity index is 2.39. The second-order valence-corrected chi connectivity index (χ2v) is 3.19. The third kappa shape index (κ3) is 1.32. The number of hydrogen-bond donors (Lipinski definition) is 2. The molecule has 4 heteroatoms. The topological polar surface area (TPSA) is 52.4 Å². The first-order valence-electron chi connectivity index (χ1n) is 4.81. The zero-order chi connectivity index (χ0) is 10.1. The standard InChI is InChI=1S/C10H14N2O2/c1-3-12(4-2)10-5-7-8(14-10)6-9(13)11-7/h5-6,11,13H,3-4H2,1-2H3. The minimum absolute atomic E-state index is 0.143. The van der Waals surface area contributed by atoms with Gasteiger partial charge < -0.3 is 19.4 Å². The van der Waals surface area contributed by atoms with E-state index in [1.165, 1.54) is 0 Å². The smallest absolute Gasteiger partial charge is 0.198 e. The van der Waals surface area contributed by atoms with E-state index in [1.54, 1.807) is 6.07 Å². The third-order valence-corrected chi connectivity index (χ3v) is 2.35. The monoisotopic (exact) mass is 194 g/mol. The van der Waals surface area contributed by atoms with Crippen LogP contribution in [-0.2, 0) is 0 Å². The van der Waals surface area contributed by atoms with E-state index in [-0.39, 0.29) is 5.88 Å². The molecule has 2 heterocycles. The maximum absolute atomic E-state index is 9.16. The van der Waals surface area contributed by atoms with Crippen LogP contribution >= 0.6 is 0 Å². The van der Waals surface area contributed by atoms with Crippen molar-refractivity contribution in [3.63, 3.8) is 0 Å². The summed E-state index contributed by atoms with van der Waals surface area (Å²) >= 11 is 0. The van der Waals surface area contributed by atoms with Gasteiger partial charge in [0.05, 0.1) is 5.52 Å². The number of fused-ring (bicyclic) bond motifs is 1. The molecule has 0 saturated carbocycles. The molecular formula is C10H14N2O2. The number of rotatable bonds is 3. The summed E-state index contributed by atoms with van der Waals surface area (Å²) in [5, 5.41) is 9.16. The number of aromatic amines is 1. The van der Waals surface area contributed by atoms with Gasteiger partial charge in [-0.2, -0.15) is 0 Å². The maximum atomic E-state index is 9.16. The van der Waals surface area contributed by atoms with Gasteiger partial charge in [0.1, 0.15) is 0 Å². The van der Waals surface area contributed by atoms with Crippen molar-refractivity contribution < 1.29 is 9.52 Å². The van der Waals surface area contributed by atoms with Gasteiger partial charge in [0.15, 0.2) is 17.3 Å². The van der Waals surface area contributed by atoms with E-state index in [1.807, 2.05) is 6.07 Å². The summed E-state index contributed by atoms with van der Waals surface area (Å²) in [5.41, 5.74) is 1.54. The normalized spacial score (nSPS) is 11.0. The van der Waals surface area contributed by atoms with Crippen LogP contribution in [0.4, 0.5) is 5.88 Å². The Kier molecular flexibility index (Phi) is 2.11. The molecule has 2 N–H and O–H groups in total. The Hall–Kier alpha value is -1.58. The van der Waals surface area contributed by atoms with Crippen LogP contribution in [0.2, 0.25) is 0 Å². The average molecular weight is 194 g/mol. The van der Waals surface area contributed by atoms with Crippen LogP contribution in [0.3, 0.4) is 0 Å². The molecule has 2 rings (SSSR count). The highest BCUT2D eigenvalue weighted by Crippen LogP contribution is 2.28. The molecule has 0 amide bonds. The van der Waals surface area contributed by atoms with Crippen LogP contribution in [-0.4, -0.2) is 23.2 Å². The Bertz CT molecular complexity index is 395. The number of aromatic hydroxyl groups is 1. The van der Waals surface area contributed by atoms with Gasteiger partial charge in [-0.15, -0.1) is 0 Å². The zero-order valence-corrected chi connectivity index (χ0v) is 8.37. The fourth-order valence-corrected chi connectivity index (χ4v) is 1.59. The number of anilines is 1. The molecule has 14 heavy (non-hydrogen) atoms. The van der Waals surface area contributed by atoms with E-state index >= 15 is 0 Å². The average Bonchev–Trinajstić information content (AvgIpc) is 2.63. The highest BCUT2D eigenvalue weighted by molar-refractivity contribution is 5.79. The molecule has 0 aliphatic rings. The Morgan fingerprint density at radius 2 is 2.07 bits per heavy atom. The van der Waals surface area contributed by atoms with Gasteiger partial charge in [-0.25, -0.2) is 0 Å². The molecule has 2 aromatic heterocycles. The van der Waals surface area contributed by atoms with Crippen molar-refractivity contribution >= 4 is 17.0 Å². The molecule has 0 aliphatic carbocycles. The van der Waals surface area contributed by atoms with Crippen LogP contribution in [0.15, 0.2) is 16.5 Å². The lowest BCUT2D eigenvalue weighted by Crippen LogP contribution is -2.20. The molecule has 76 valence electrons. The SMILES string of the molecule is CCN(CC)c1cc2[nH]c(O)cc2o1. The predicted octanol–water partition coefficient (Wildman–Crippen LogP) is 2.31. The summed E-state index contributed by atoms with van der Waals surface area (Å²) in [4.78, 5) is 4.93. The largest absolute Gasteiger partial charge is 0.494 e. The number of H-pyrrole nitrogens is 1. The number of aromatic nitrogens is 1.